The number of anilines is 1. The predicted octanol–water partition coefficient (Wildman–Crippen LogP) is 4.19. The summed E-state index contributed by atoms with van der Waals surface area (Å²) in [7, 11) is 0. The van der Waals surface area contributed by atoms with Crippen LogP contribution in [0, 0.1) is 6.92 Å². The molecule has 0 atom stereocenters. The third-order valence-electron chi connectivity index (χ3n) is 2.78. The summed E-state index contributed by atoms with van der Waals surface area (Å²) in [6.07, 6.45) is 0.157. The number of aryl methyl sites for hydroxylation is 1. The number of carbonyl (C=O) groups excluding carboxylic acids is 1. The molecule has 2 aromatic carbocycles. The van der Waals surface area contributed by atoms with Crippen molar-refractivity contribution in [3.8, 4) is 5.75 Å². The smallest absolute Gasteiger partial charge is 0.228 e. The van der Waals surface area contributed by atoms with Gasteiger partial charge in [0.2, 0.25) is 5.91 Å². The minimum atomic E-state index is -0.234. The third kappa shape index (κ3) is 3.65. The molecule has 0 unspecified atom stereocenters. The van der Waals surface area contributed by atoms with Gasteiger partial charge in [0, 0.05) is 0 Å². The molecule has 0 aromatic heterocycles. The maximum atomic E-state index is 11.9. The molecule has 0 heterocycles. The van der Waals surface area contributed by atoms with Crippen molar-refractivity contribution in [2.45, 2.75) is 13.3 Å². The van der Waals surface area contributed by atoms with Crippen LogP contribution in [0.1, 0.15) is 11.1 Å². The molecule has 2 N–H and O–H groups in total. The number of phenolic OH excluding ortho intramolecular Hbond substituents is 1. The predicted molar refractivity (Wildman–Crippen MR) is 81.6 cm³/mol. The molecule has 2 rings (SSSR count). The van der Waals surface area contributed by atoms with Gasteiger partial charge in [0.1, 0.15) is 5.75 Å². The first-order chi connectivity index (χ1) is 9.45. The van der Waals surface area contributed by atoms with Crippen molar-refractivity contribution >= 4 is 34.8 Å². The van der Waals surface area contributed by atoms with Crippen molar-refractivity contribution in [2.75, 3.05) is 5.32 Å². The summed E-state index contributed by atoms with van der Waals surface area (Å²) in [6.45, 7) is 1.86. The number of carbonyl (C=O) groups is 1. The summed E-state index contributed by atoms with van der Waals surface area (Å²) < 4.78 is 0. The summed E-state index contributed by atoms with van der Waals surface area (Å²) in [5.74, 6) is -0.185. The van der Waals surface area contributed by atoms with Crippen LogP contribution >= 0.6 is 23.2 Å². The highest BCUT2D eigenvalue weighted by Gasteiger charge is 2.08. The molecule has 2 aromatic rings. The summed E-state index contributed by atoms with van der Waals surface area (Å²) in [4.78, 5) is 11.9. The molecule has 0 fully saturated rings. The molecule has 0 saturated carbocycles. The first-order valence-electron chi connectivity index (χ1n) is 5.99. The van der Waals surface area contributed by atoms with Crippen LogP contribution in [-0.4, -0.2) is 11.0 Å². The van der Waals surface area contributed by atoms with E-state index < -0.39 is 0 Å². The highest BCUT2D eigenvalue weighted by atomic mass is 35.5. The van der Waals surface area contributed by atoms with E-state index in [1.165, 1.54) is 0 Å². The number of rotatable bonds is 3. The van der Waals surface area contributed by atoms with Crippen LogP contribution in [0.5, 0.6) is 5.75 Å². The van der Waals surface area contributed by atoms with E-state index in [2.05, 4.69) is 5.32 Å². The molecule has 0 aliphatic rings. The Morgan fingerprint density at radius 3 is 2.55 bits per heavy atom. The highest BCUT2D eigenvalue weighted by Crippen LogP contribution is 2.25. The Morgan fingerprint density at radius 2 is 1.90 bits per heavy atom. The highest BCUT2D eigenvalue weighted by molar-refractivity contribution is 6.42. The largest absolute Gasteiger partial charge is 0.506 e. The molecule has 0 spiro atoms. The number of benzene rings is 2. The van der Waals surface area contributed by atoms with Gasteiger partial charge in [-0.2, -0.15) is 0 Å². The Hall–Kier alpha value is -1.71. The monoisotopic (exact) mass is 309 g/mol. The molecule has 104 valence electrons. The van der Waals surface area contributed by atoms with Gasteiger partial charge in [-0.1, -0.05) is 35.3 Å². The van der Waals surface area contributed by atoms with Crippen molar-refractivity contribution < 1.29 is 9.90 Å². The lowest BCUT2D eigenvalue weighted by atomic mass is 10.1. The molecular formula is C15H13Cl2NO2. The SMILES string of the molecule is Cc1ccc(NC(=O)Cc2ccc(Cl)c(Cl)c2)c(O)c1. The van der Waals surface area contributed by atoms with Gasteiger partial charge in [0.05, 0.1) is 22.2 Å². The van der Waals surface area contributed by atoms with Crippen LogP contribution in [0.4, 0.5) is 5.69 Å². The molecule has 0 radical (unpaired) electrons. The maximum Gasteiger partial charge on any atom is 0.228 e. The van der Waals surface area contributed by atoms with E-state index in [1.807, 2.05) is 13.0 Å². The van der Waals surface area contributed by atoms with Crippen LogP contribution in [0.15, 0.2) is 36.4 Å². The summed E-state index contributed by atoms with van der Waals surface area (Å²) >= 11 is 11.7. The normalized spacial score (nSPS) is 10.3. The van der Waals surface area contributed by atoms with Crippen molar-refractivity contribution in [2.24, 2.45) is 0 Å². The van der Waals surface area contributed by atoms with E-state index in [4.69, 9.17) is 23.2 Å². The summed E-state index contributed by atoms with van der Waals surface area (Å²) in [6, 6.07) is 10.1. The third-order valence-corrected chi connectivity index (χ3v) is 3.52. The first-order valence-corrected chi connectivity index (χ1v) is 6.74. The average molecular weight is 310 g/mol. The Morgan fingerprint density at radius 1 is 1.15 bits per heavy atom. The number of aromatic hydroxyl groups is 1. The number of halogens is 2. The Labute approximate surface area is 127 Å². The second kappa shape index (κ2) is 6.16. The van der Waals surface area contributed by atoms with Crippen LogP contribution in [0.3, 0.4) is 0 Å². The van der Waals surface area contributed by atoms with Crippen LogP contribution < -0.4 is 5.32 Å². The summed E-state index contributed by atoms with van der Waals surface area (Å²) in [5, 5.41) is 13.3. The molecule has 20 heavy (non-hydrogen) atoms. The standard InChI is InChI=1S/C15H13Cl2NO2/c1-9-2-5-13(14(19)6-9)18-15(20)8-10-3-4-11(16)12(17)7-10/h2-7,19H,8H2,1H3,(H,18,20). The number of nitrogens with one attached hydrogen (secondary N) is 1. The van der Waals surface area contributed by atoms with Gasteiger partial charge in [-0.05, 0) is 42.3 Å². The lowest BCUT2D eigenvalue weighted by molar-refractivity contribution is -0.115. The minimum Gasteiger partial charge on any atom is -0.506 e. The number of hydrogen-bond acceptors (Lipinski definition) is 2. The zero-order chi connectivity index (χ0) is 14.7. The first kappa shape index (κ1) is 14.7. The van der Waals surface area contributed by atoms with Gasteiger partial charge in [-0.25, -0.2) is 0 Å². The van der Waals surface area contributed by atoms with Gasteiger partial charge in [0.15, 0.2) is 0 Å². The second-order valence-corrected chi connectivity index (χ2v) is 5.31. The molecule has 5 heteroatoms. The minimum absolute atomic E-state index is 0.0486. The number of phenols is 1. The van der Waals surface area contributed by atoms with E-state index in [9.17, 15) is 9.90 Å². The van der Waals surface area contributed by atoms with Gasteiger partial charge < -0.3 is 10.4 Å². The van der Waals surface area contributed by atoms with Crippen molar-refractivity contribution in [1.29, 1.82) is 0 Å². The lowest BCUT2D eigenvalue weighted by Crippen LogP contribution is -2.14. The van der Waals surface area contributed by atoms with E-state index in [-0.39, 0.29) is 18.1 Å². The number of hydrogen-bond donors (Lipinski definition) is 2. The topological polar surface area (TPSA) is 49.3 Å². The fourth-order valence-electron chi connectivity index (χ4n) is 1.78. The molecule has 1 amide bonds. The Bertz CT molecular complexity index is 656. The van der Waals surface area contributed by atoms with E-state index in [0.29, 0.717) is 15.7 Å². The van der Waals surface area contributed by atoms with Crippen molar-refractivity contribution in [3.05, 3.63) is 57.6 Å². The second-order valence-electron chi connectivity index (χ2n) is 4.49. The molecule has 0 bridgehead atoms. The average Bonchev–Trinajstić information content (AvgIpc) is 2.37. The Balaban J connectivity index is 2.07. The molecule has 0 aliphatic carbocycles. The van der Waals surface area contributed by atoms with E-state index >= 15 is 0 Å². The van der Waals surface area contributed by atoms with Gasteiger partial charge in [0.25, 0.3) is 0 Å². The lowest BCUT2D eigenvalue weighted by Gasteiger charge is -2.08. The van der Waals surface area contributed by atoms with Gasteiger partial charge in [-0.15, -0.1) is 0 Å². The Kier molecular flexibility index (Phi) is 4.53. The van der Waals surface area contributed by atoms with Gasteiger partial charge >= 0.3 is 0 Å². The van der Waals surface area contributed by atoms with Crippen molar-refractivity contribution in [1.82, 2.24) is 0 Å². The van der Waals surface area contributed by atoms with Crippen LogP contribution in [0.25, 0.3) is 0 Å². The molecule has 0 saturated heterocycles. The fourth-order valence-corrected chi connectivity index (χ4v) is 2.10. The van der Waals surface area contributed by atoms with E-state index in [1.54, 1.807) is 30.3 Å². The van der Waals surface area contributed by atoms with Gasteiger partial charge in [-0.3, -0.25) is 4.79 Å². The molecule has 0 aliphatic heterocycles. The zero-order valence-corrected chi connectivity index (χ0v) is 12.3. The number of amides is 1. The quantitative estimate of drug-likeness (QED) is 0.835. The maximum absolute atomic E-state index is 11.9. The van der Waals surface area contributed by atoms with E-state index in [0.717, 1.165) is 11.1 Å². The van der Waals surface area contributed by atoms with Crippen LogP contribution in [0.2, 0.25) is 10.0 Å². The van der Waals surface area contributed by atoms with Crippen LogP contribution in [-0.2, 0) is 11.2 Å². The summed E-state index contributed by atoms with van der Waals surface area (Å²) in [5.41, 5.74) is 2.06. The molecular weight excluding hydrogens is 297 g/mol. The van der Waals surface area contributed by atoms with Crippen molar-refractivity contribution in [3.63, 3.8) is 0 Å². The zero-order valence-electron chi connectivity index (χ0n) is 10.8. The molecule has 3 nitrogen and oxygen atoms in total. The fraction of sp³-hybridized carbons (Fsp3) is 0.133.